The lowest BCUT2D eigenvalue weighted by Gasteiger charge is -2.23. The van der Waals surface area contributed by atoms with Crippen molar-refractivity contribution >= 4 is 0 Å². The standard InChI is InChI=1S/C15H27N3O/c1-7-16-13(10-18(4)5)8-14-12(3)15(19-6)11(2)9-17-14/h9,13,16H,7-8,10H2,1-6H3. The van der Waals surface area contributed by atoms with Crippen LogP contribution in [0.1, 0.15) is 23.7 Å². The summed E-state index contributed by atoms with van der Waals surface area (Å²) in [4.78, 5) is 6.78. The molecule has 0 aliphatic rings. The molecule has 4 nitrogen and oxygen atoms in total. The van der Waals surface area contributed by atoms with E-state index in [-0.39, 0.29) is 0 Å². The maximum Gasteiger partial charge on any atom is 0.128 e. The van der Waals surface area contributed by atoms with Gasteiger partial charge in [0.1, 0.15) is 5.75 Å². The predicted octanol–water partition coefficient (Wildman–Crippen LogP) is 1.79. The molecule has 1 unspecified atom stereocenters. The van der Waals surface area contributed by atoms with Crippen LogP contribution in [0.3, 0.4) is 0 Å². The minimum atomic E-state index is 0.415. The van der Waals surface area contributed by atoms with E-state index < -0.39 is 0 Å². The molecule has 0 aliphatic carbocycles. The van der Waals surface area contributed by atoms with E-state index in [1.165, 1.54) is 0 Å². The highest BCUT2D eigenvalue weighted by molar-refractivity contribution is 5.41. The first-order valence-electron chi connectivity index (χ1n) is 6.86. The first-order valence-corrected chi connectivity index (χ1v) is 6.86. The first-order chi connectivity index (χ1) is 8.99. The number of nitrogens with zero attached hydrogens (tertiary/aromatic N) is 2. The zero-order valence-electron chi connectivity index (χ0n) is 13.1. The van der Waals surface area contributed by atoms with Gasteiger partial charge in [-0.3, -0.25) is 4.98 Å². The highest BCUT2D eigenvalue weighted by Crippen LogP contribution is 2.24. The Morgan fingerprint density at radius 1 is 1.37 bits per heavy atom. The Kier molecular flexibility index (Phi) is 6.25. The van der Waals surface area contributed by atoms with Crippen molar-refractivity contribution in [1.29, 1.82) is 0 Å². The summed E-state index contributed by atoms with van der Waals surface area (Å²) in [5.74, 6) is 0.963. The third-order valence-electron chi connectivity index (χ3n) is 3.27. The second kappa shape index (κ2) is 7.46. The molecule has 1 aromatic heterocycles. The average molecular weight is 265 g/mol. The third kappa shape index (κ3) is 4.48. The van der Waals surface area contributed by atoms with Crippen LogP contribution in [0.15, 0.2) is 6.20 Å². The molecule has 0 amide bonds. The summed E-state index contributed by atoms with van der Waals surface area (Å²) in [6, 6.07) is 0.415. The van der Waals surface area contributed by atoms with E-state index in [4.69, 9.17) is 4.74 Å². The van der Waals surface area contributed by atoms with Gasteiger partial charge in [-0.05, 0) is 34.5 Å². The lowest BCUT2D eigenvalue weighted by Crippen LogP contribution is -2.40. The zero-order valence-corrected chi connectivity index (χ0v) is 13.1. The molecule has 0 saturated heterocycles. The lowest BCUT2D eigenvalue weighted by atomic mass is 10.0. The van der Waals surface area contributed by atoms with Gasteiger partial charge < -0.3 is 15.0 Å². The molecule has 1 N–H and O–H groups in total. The van der Waals surface area contributed by atoms with Crippen molar-refractivity contribution in [3.63, 3.8) is 0 Å². The van der Waals surface area contributed by atoms with Crippen molar-refractivity contribution in [3.05, 3.63) is 23.0 Å². The summed E-state index contributed by atoms with van der Waals surface area (Å²) >= 11 is 0. The second-order valence-corrected chi connectivity index (χ2v) is 5.27. The van der Waals surface area contributed by atoms with Gasteiger partial charge in [0.15, 0.2) is 0 Å². The summed E-state index contributed by atoms with van der Waals surface area (Å²) in [7, 11) is 5.92. The number of aryl methyl sites for hydroxylation is 1. The van der Waals surface area contributed by atoms with Crippen LogP contribution >= 0.6 is 0 Å². The van der Waals surface area contributed by atoms with Gasteiger partial charge in [-0.1, -0.05) is 6.92 Å². The summed E-state index contributed by atoms with van der Waals surface area (Å²) in [5, 5.41) is 3.52. The first kappa shape index (κ1) is 15.9. The number of likely N-dealkylation sites (N-methyl/N-ethyl adjacent to an activating group) is 2. The quantitative estimate of drug-likeness (QED) is 0.815. The van der Waals surface area contributed by atoms with E-state index in [2.05, 4.69) is 43.1 Å². The summed E-state index contributed by atoms with van der Waals surface area (Å²) in [6.07, 6.45) is 2.83. The van der Waals surface area contributed by atoms with Crippen molar-refractivity contribution in [2.45, 2.75) is 33.2 Å². The number of hydrogen-bond donors (Lipinski definition) is 1. The SMILES string of the molecule is CCNC(Cc1ncc(C)c(OC)c1C)CN(C)C. The molecule has 1 rings (SSSR count). The van der Waals surface area contributed by atoms with Crippen LogP contribution in [0, 0.1) is 13.8 Å². The molecule has 0 saturated carbocycles. The van der Waals surface area contributed by atoms with Crippen LogP contribution in [0.5, 0.6) is 5.75 Å². The largest absolute Gasteiger partial charge is 0.496 e. The van der Waals surface area contributed by atoms with E-state index in [0.717, 1.165) is 42.1 Å². The number of methoxy groups -OCH3 is 1. The molecule has 0 fully saturated rings. The maximum atomic E-state index is 5.47. The highest BCUT2D eigenvalue weighted by Gasteiger charge is 2.15. The number of hydrogen-bond acceptors (Lipinski definition) is 4. The van der Waals surface area contributed by atoms with Gasteiger partial charge in [0.05, 0.1) is 7.11 Å². The minimum Gasteiger partial charge on any atom is -0.496 e. The molecule has 0 aromatic carbocycles. The molecule has 19 heavy (non-hydrogen) atoms. The molecular formula is C15H27N3O. The molecule has 0 spiro atoms. The molecule has 1 aromatic rings. The number of rotatable bonds is 7. The van der Waals surface area contributed by atoms with Gasteiger partial charge in [-0.2, -0.15) is 0 Å². The van der Waals surface area contributed by atoms with Crippen molar-refractivity contribution in [2.75, 3.05) is 34.3 Å². The van der Waals surface area contributed by atoms with Gasteiger partial charge in [0.2, 0.25) is 0 Å². The van der Waals surface area contributed by atoms with Gasteiger partial charge in [0.25, 0.3) is 0 Å². The Hall–Kier alpha value is -1.13. The van der Waals surface area contributed by atoms with Gasteiger partial charge >= 0.3 is 0 Å². The van der Waals surface area contributed by atoms with E-state index in [0.29, 0.717) is 6.04 Å². The molecule has 4 heteroatoms. The molecule has 1 atom stereocenters. The van der Waals surface area contributed by atoms with Crippen LogP contribution in [-0.4, -0.2) is 50.2 Å². The van der Waals surface area contributed by atoms with Gasteiger partial charge in [-0.15, -0.1) is 0 Å². The van der Waals surface area contributed by atoms with Crippen LogP contribution < -0.4 is 10.1 Å². The highest BCUT2D eigenvalue weighted by atomic mass is 16.5. The van der Waals surface area contributed by atoms with E-state index in [9.17, 15) is 0 Å². The zero-order chi connectivity index (χ0) is 14.4. The van der Waals surface area contributed by atoms with E-state index in [1.54, 1.807) is 7.11 Å². The summed E-state index contributed by atoms with van der Waals surface area (Å²) < 4.78 is 5.47. The Morgan fingerprint density at radius 3 is 2.58 bits per heavy atom. The predicted molar refractivity (Wildman–Crippen MR) is 80.0 cm³/mol. The summed E-state index contributed by atoms with van der Waals surface area (Å²) in [6.45, 7) is 8.24. The Morgan fingerprint density at radius 2 is 2.05 bits per heavy atom. The Bertz CT molecular complexity index is 405. The number of ether oxygens (including phenoxy) is 1. The van der Waals surface area contributed by atoms with Crippen molar-refractivity contribution in [3.8, 4) is 5.75 Å². The molecule has 1 heterocycles. The third-order valence-corrected chi connectivity index (χ3v) is 3.27. The lowest BCUT2D eigenvalue weighted by molar-refractivity contribution is 0.337. The smallest absolute Gasteiger partial charge is 0.128 e. The Balaban J connectivity index is 2.90. The molecule has 0 bridgehead atoms. The van der Waals surface area contributed by atoms with Crippen LogP contribution in [-0.2, 0) is 6.42 Å². The monoisotopic (exact) mass is 265 g/mol. The van der Waals surface area contributed by atoms with E-state index in [1.807, 2.05) is 13.1 Å². The van der Waals surface area contributed by atoms with Gasteiger partial charge in [-0.25, -0.2) is 0 Å². The second-order valence-electron chi connectivity index (χ2n) is 5.27. The van der Waals surface area contributed by atoms with Crippen LogP contribution in [0.4, 0.5) is 0 Å². The van der Waals surface area contributed by atoms with Crippen molar-refractivity contribution in [2.24, 2.45) is 0 Å². The Labute approximate surface area is 117 Å². The van der Waals surface area contributed by atoms with Crippen LogP contribution in [0.25, 0.3) is 0 Å². The number of nitrogens with one attached hydrogen (secondary N) is 1. The van der Waals surface area contributed by atoms with Gasteiger partial charge in [0, 0.05) is 42.0 Å². The summed E-state index contributed by atoms with van der Waals surface area (Å²) in [5.41, 5.74) is 3.37. The fraction of sp³-hybridized carbons (Fsp3) is 0.667. The normalized spacial score (nSPS) is 12.8. The van der Waals surface area contributed by atoms with Crippen LogP contribution in [0.2, 0.25) is 0 Å². The average Bonchev–Trinajstić information content (AvgIpc) is 2.33. The maximum absolute atomic E-state index is 5.47. The minimum absolute atomic E-state index is 0.415. The molecule has 0 radical (unpaired) electrons. The fourth-order valence-corrected chi connectivity index (χ4v) is 2.44. The number of aromatic nitrogens is 1. The topological polar surface area (TPSA) is 37.4 Å². The number of pyridine rings is 1. The molecular weight excluding hydrogens is 238 g/mol. The molecule has 0 aliphatic heterocycles. The molecule has 108 valence electrons. The van der Waals surface area contributed by atoms with Crippen molar-refractivity contribution < 1.29 is 4.74 Å². The fourth-order valence-electron chi connectivity index (χ4n) is 2.44. The van der Waals surface area contributed by atoms with E-state index >= 15 is 0 Å². The van der Waals surface area contributed by atoms with Crippen molar-refractivity contribution in [1.82, 2.24) is 15.2 Å².